The van der Waals surface area contributed by atoms with Gasteiger partial charge in [0.1, 0.15) is 6.04 Å². The van der Waals surface area contributed by atoms with E-state index in [-0.39, 0.29) is 36.0 Å². The van der Waals surface area contributed by atoms with E-state index >= 15 is 0 Å². The maximum Gasteiger partial charge on any atom is 0.289 e. The topological polar surface area (TPSA) is 146 Å². The summed E-state index contributed by atoms with van der Waals surface area (Å²) in [5, 5.41) is 10.5. The Bertz CT molecular complexity index is 954. The first-order valence-corrected chi connectivity index (χ1v) is 13.8. The molecule has 0 spiro atoms. The van der Waals surface area contributed by atoms with Gasteiger partial charge in [-0.05, 0) is 38.0 Å². The summed E-state index contributed by atoms with van der Waals surface area (Å²) in [6.45, 7) is 11.2. The number of nitrogens with one attached hydrogen (secondary N) is 4. The highest BCUT2D eigenvalue weighted by atomic mass is 16.2. The molecule has 4 amide bonds. The second-order valence-corrected chi connectivity index (χ2v) is 11.6. The van der Waals surface area contributed by atoms with E-state index in [4.69, 9.17) is 0 Å². The Kier molecular flexibility index (Phi) is 11.7. The zero-order valence-electron chi connectivity index (χ0n) is 23.6. The summed E-state index contributed by atoms with van der Waals surface area (Å²) in [5.74, 6) is -2.15. The molecule has 2 fully saturated rings. The van der Waals surface area contributed by atoms with Crippen LogP contribution in [0.2, 0.25) is 0 Å². The lowest BCUT2D eigenvalue weighted by Gasteiger charge is -2.26. The number of ketones is 1. The number of carbonyl (C=O) groups excluding carboxylic acids is 5. The van der Waals surface area contributed by atoms with Crippen molar-refractivity contribution in [3.63, 3.8) is 0 Å². The van der Waals surface area contributed by atoms with Gasteiger partial charge in [0.2, 0.25) is 23.5 Å². The summed E-state index contributed by atoms with van der Waals surface area (Å²) >= 11 is 0. The van der Waals surface area contributed by atoms with E-state index in [2.05, 4.69) is 47.0 Å². The number of rotatable bonds is 10. The van der Waals surface area contributed by atoms with E-state index in [0.717, 1.165) is 38.0 Å². The number of nitrogens with zero attached hydrogens (tertiary/aromatic N) is 1. The van der Waals surface area contributed by atoms with Gasteiger partial charge in [-0.15, -0.1) is 0 Å². The Hall–Kier alpha value is -3.04. The molecule has 0 saturated heterocycles. The molecule has 0 aromatic rings. The van der Waals surface area contributed by atoms with E-state index in [9.17, 15) is 24.0 Å². The molecule has 3 aliphatic rings. The number of carbonyl (C=O) groups is 5. The quantitative estimate of drug-likeness (QED) is 0.315. The second-order valence-electron chi connectivity index (χ2n) is 11.6. The first kappa shape index (κ1) is 31.2. The molecule has 2 aliphatic carbocycles. The first-order chi connectivity index (χ1) is 17.9. The SMILES string of the molecule is CC(C)C.CC(C)[C@H](NC(=O)[C@H](C)NC(=O)CNC(=O)C12C=CN=CC1C2)C(=O)C(=O)NC1CCCCC1.[HH].[HH].[HH].[HH]. The van der Waals surface area contributed by atoms with Crippen LogP contribution in [0.3, 0.4) is 0 Å². The van der Waals surface area contributed by atoms with Crippen molar-refractivity contribution in [3.05, 3.63) is 12.3 Å². The molecule has 10 nitrogen and oxygen atoms in total. The van der Waals surface area contributed by atoms with Gasteiger partial charge in [0.15, 0.2) is 0 Å². The van der Waals surface area contributed by atoms with E-state index in [1.54, 1.807) is 32.3 Å². The standard InChI is InChI=1S/C24H35N5O5.C4H10.4H2/c1-14(2)19(20(31)22(33)28-17-7-5-4-6-8-17)29-21(32)15(3)27-18(30)13-26-23(34)24-9-10-25-12-16(24)11-24;1-4(2)3;;;;/h9-10,12,14-17,19H,4-8,11,13H2,1-3H3,(H,26,34)(H,27,30)(H,28,33)(H,29,32);4H,1-3H3;4*1H/t15-,16?,19-,24?;;;;;/m0...../s1. The van der Waals surface area contributed by atoms with Crippen LogP contribution in [0.5, 0.6) is 0 Å². The van der Waals surface area contributed by atoms with Crippen molar-refractivity contribution in [2.45, 2.75) is 98.2 Å². The summed E-state index contributed by atoms with van der Waals surface area (Å²) in [7, 11) is 0. The fourth-order valence-electron chi connectivity index (χ4n) is 4.49. The molecule has 0 bridgehead atoms. The predicted octanol–water partition coefficient (Wildman–Crippen LogP) is 3.02. The molecule has 0 aromatic carbocycles. The number of aliphatic imine (C=N–C) groups is 1. The molecule has 1 aliphatic heterocycles. The Morgan fingerprint density at radius 2 is 1.61 bits per heavy atom. The summed E-state index contributed by atoms with van der Waals surface area (Å²) in [6.07, 6.45) is 10.6. The Labute approximate surface area is 232 Å². The van der Waals surface area contributed by atoms with Gasteiger partial charge in [-0.1, -0.05) is 60.0 Å². The van der Waals surface area contributed by atoms with Gasteiger partial charge in [0.25, 0.3) is 5.91 Å². The van der Waals surface area contributed by atoms with Crippen LogP contribution in [0.25, 0.3) is 0 Å². The highest BCUT2D eigenvalue weighted by molar-refractivity contribution is 6.38. The molecule has 1 heterocycles. The van der Waals surface area contributed by atoms with Crippen LogP contribution in [-0.2, 0) is 24.0 Å². The van der Waals surface area contributed by atoms with E-state index in [1.165, 1.54) is 6.92 Å². The minimum Gasteiger partial charge on any atom is -0.347 e. The highest BCUT2D eigenvalue weighted by Gasteiger charge is 2.58. The van der Waals surface area contributed by atoms with Crippen LogP contribution in [0.15, 0.2) is 17.3 Å². The van der Waals surface area contributed by atoms with Crippen LogP contribution in [0.1, 0.15) is 85.8 Å². The number of Topliss-reactive ketones (excluding diaryl/α,β-unsaturated/α-hetero) is 1. The lowest BCUT2D eigenvalue weighted by molar-refractivity contribution is -0.141. The zero-order valence-corrected chi connectivity index (χ0v) is 23.6. The smallest absolute Gasteiger partial charge is 0.289 e. The van der Waals surface area contributed by atoms with Gasteiger partial charge < -0.3 is 21.3 Å². The maximum atomic E-state index is 12.7. The van der Waals surface area contributed by atoms with E-state index in [0.29, 0.717) is 6.42 Å². The van der Waals surface area contributed by atoms with Gasteiger partial charge in [-0.2, -0.15) is 0 Å². The fourth-order valence-corrected chi connectivity index (χ4v) is 4.49. The molecule has 38 heavy (non-hydrogen) atoms. The average Bonchev–Trinajstić information content (AvgIpc) is 3.61. The zero-order chi connectivity index (χ0) is 28.5. The number of hydrogen-bond acceptors (Lipinski definition) is 6. The second kappa shape index (κ2) is 14.2. The largest absolute Gasteiger partial charge is 0.347 e. The third kappa shape index (κ3) is 9.06. The van der Waals surface area contributed by atoms with Crippen LogP contribution in [0, 0.1) is 23.2 Å². The lowest BCUT2D eigenvalue weighted by atomic mass is 9.94. The highest BCUT2D eigenvalue weighted by Crippen LogP contribution is 2.54. The van der Waals surface area contributed by atoms with Crippen LogP contribution in [0.4, 0.5) is 0 Å². The third-order valence-electron chi connectivity index (χ3n) is 6.80. The molecule has 10 heteroatoms. The average molecular weight is 540 g/mol. The van der Waals surface area contributed by atoms with Crippen molar-refractivity contribution in [3.8, 4) is 0 Å². The van der Waals surface area contributed by atoms with Crippen LogP contribution in [-0.4, -0.2) is 60.3 Å². The molecule has 220 valence electrons. The van der Waals surface area contributed by atoms with Crippen molar-refractivity contribution in [2.75, 3.05) is 6.54 Å². The minimum absolute atomic E-state index is 0. The lowest BCUT2D eigenvalue weighted by Crippen LogP contribution is -2.56. The molecule has 3 rings (SSSR count). The fraction of sp³-hybridized carbons (Fsp3) is 0.714. The van der Waals surface area contributed by atoms with Crippen LogP contribution < -0.4 is 21.3 Å². The summed E-state index contributed by atoms with van der Waals surface area (Å²) in [6, 6.07) is -1.96. The van der Waals surface area contributed by atoms with Gasteiger partial charge in [0.05, 0.1) is 18.0 Å². The number of amides is 4. The molecular weight excluding hydrogens is 486 g/mol. The third-order valence-corrected chi connectivity index (χ3v) is 6.80. The summed E-state index contributed by atoms with van der Waals surface area (Å²) in [5.41, 5.74) is -0.617. The summed E-state index contributed by atoms with van der Waals surface area (Å²) in [4.78, 5) is 66.5. The van der Waals surface area contributed by atoms with Crippen molar-refractivity contribution in [2.24, 2.45) is 28.2 Å². The molecule has 0 radical (unpaired) electrons. The molecule has 4 atom stereocenters. The van der Waals surface area contributed by atoms with Gasteiger partial charge in [0, 0.05) is 30.1 Å². The maximum absolute atomic E-state index is 12.7. The Morgan fingerprint density at radius 3 is 2.18 bits per heavy atom. The van der Waals surface area contributed by atoms with Gasteiger partial charge >= 0.3 is 0 Å². The van der Waals surface area contributed by atoms with Gasteiger partial charge in [-0.3, -0.25) is 29.0 Å². The molecule has 2 unspecified atom stereocenters. The molecule has 0 aromatic heterocycles. The van der Waals surface area contributed by atoms with Crippen molar-refractivity contribution in [1.29, 1.82) is 0 Å². The first-order valence-electron chi connectivity index (χ1n) is 13.8. The summed E-state index contributed by atoms with van der Waals surface area (Å²) < 4.78 is 0. The Morgan fingerprint density at radius 1 is 0.974 bits per heavy atom. The van der Waals surface area contributed by atoms with Crippen molar-refractivity contribution in [1.82, 2.24) is 21.3 Å². The predicted molar refractivity (Wildman–Crippen MR) is 155 cm³/mol. The van der Waals surface area contributed by atoms with Crippen LogP contribution >= 0.6 is 0 Å². The molecule has 2 saturated carbocycles. The normalized spacial score (nSPS) is 23.3. The monoisotopic (exact) mass is 539 g/mol. The number of fused-ring (bicyclic) bond motifs is 1. The molecule has 4 N–H and O–H groups in total. The Balaban J connectivity index is -0.00000179. The minimum atomic E-state index is -0.999. The van der Waals surface area contributed by atoms with Crippen molar-refractivity contribution < 1.29 is 29.7 Å². The van der Waals surface area contributed by atoms with E-state index < -0.39 is 41.0 Å². The van der Waals surface area contributed by atoms with E-state index in [1.807, 2.05) is 0 Å². The van der Waals surface area contributed by atoms with Gasteiger partial charge in [-0.25, -0.2) is 0 Å². The van der Waals surface area contributed by atoms with Crippen molar-refractivity contribution >= 4 is 35.6 Å². The molecular formula is C28H53N5O5. The number of hydrogen-bond donors (Lipinski definition) is 4.